The number of hydrogen-bond donors (Lipinski definition) is 1. The summed E-state index contributed by atoms with van der Waals surface area (Å²) in [6.07, 6.45) is 1.06. The topological polar surface area (TPSA) is 60.9 Å². The van der Waals surface area contributed by atoms with E-state index in [1.54, 1.807) is 23.8 Å². The summed E-state index contributed by atoms with van der Waals surface area (Å²) in [5.41, 5.74) is -0.673. The van der Waals surface area contributed by atoms with Crippen LogP contribution in [0.15, 0.2) is 0 Å². The Bertz CT molecular complexity index is 307. The molecule has 0 aromatic rings. The molecule has 5 nitrogen and oxygen atoms in total. The van der Waals surface area contributed by atoms with Crippen LogP contribution in [0, 0.1) is 5.41 Å². The lowest BCUT2D eigenvalue weighted by molar-refractivity contribution is -0.150. The van der Waals surface area contributed by atoms with E-state index in [0.29, 0.717) is 25.9 Å². The molecular weight excluding hydrogens is 220 g/mol. The molecule has 0 radical (unpaired) electrons. The number of carboxylic acid groups (broad SMARTS) is 1. The molecule has 17 heavy (non-hydrogen) atoms. The molecule has 0 spiro atoms. The monoisotopic (exact) mass is 242 g/mol. The molecule has 1 aliphatic rings. The Hall–Kier alpha value is -1.26. The van der Waals surface area contributed by atoms with E-state index in [1.165, 1.54) is 0 Å². The van der Waals surface area contributed by atoms with Crippen LogP contribution in [0.25, 0.3) is 0 Å². The third kappa shape index (κ3) is 2.90. The van der Waals surface area contributed by atoms with Crippen LogP contribution < -0.4 is 0 Å². The Balaban J connectivity index is 2.58. The van der Waals surface area contributed by atoms with E-state index in [4.69, 9.17) is 5.11 Å². The zero-order chi connectivity index (χ0) is 13.2. The maximum atomic E-state index is 12.0. The molecule has 0 aromatic heterocycles. The average molecular weight is 242 g/mol. The highest BCUT2D eigenvalue weighted by Crippen LogP contribution is 2.31. The van der Waals surface area contributed by atoms with Gasteiger partial charge in [0.25, 0.3) is 0 Å². The lowest BCUT2D eigenvalue weighted by Crippen LogP contribution is -2.50. The van der Waals surface area contributed by atoms with Gasteiger partial charge in [-0.15, -0.1) is 0 Å². The van der Waals surface area contributed by atoms with Crippen LogP contribution in [0.4, 0.5) is 4.79 Å². The van der Waals surface area contributed by atoms with Gasteiger partial charge in [-0.2, -0.15) is 0 Å². The van der Waals surface area contributed by atoms with Crippen molar-refractivity contribution in [2.24, 2.45) is 5.41 Å². The number of rotatable bonds is 2. The fourth-order valence-electron chi connectivity index (χ4n) is 1.85. The van der Waals surface area contributed by atoms with Crippen molar-refractivity contribution in [2.75, 3.05) is 20.1 Å². The number of aliphatic carboxylic acids is 1. The molecule has 1 aliphatic heterocycles. The van der Waals surface area contributed by atoms with Crippen LogP contribution in [-0.2, 0) is 4.79 Å². The molecule has 0 unspecified atom stereocenters. The van der Waals surface area contributed by atoms with E-state index < -0.39 is 11.4 Å². The second-order valence-corrected chi connectivity index (χ2v) is 5.34. The first-order valence-electron chi connectivity index (χ1n) is 6.03. The normalized spacial score (nSPS) is 19.2. The highest BCUT2D eigenvalue weighted by atomic mass is 16.4. The number of piperidine rings is 1. The van der Waals surface area contributed by atoms with Gasteiger partial charge in [0, 0.05) is 26.2 Å². The SMILES string of the molecule is CC(C)N(C)C(=O)N1CCC(C)(C(=O)O)CC1. The molecule has 0 aromatic carbocycles. The molecule has 0 aliphatic carbocycles. The summed E-state index contributed by atoms with van der Waals surface area (Å²) >= 11 is 0. The first-order valence-corrected chi connectivity index (χ1v) is 6.03. The third-order valence-corrected chi connectivity index (χ3v) is 3.73. The van der Waals surface area contributed by atoms with Gasteiger partial charge < -0.3 is 14.9 Å². The second-order valence-electron chi connectivity index (χ2n) is 5.34. The molecule has 1 saturated heterocycles. The van der Waals surface area contributed by atoms with Gasteiger partial charge in [-0.25, -0.2) is 4.79 Å². The zero-order valence-corrected chi connectivity index (χ0v) is 11.1. The van der Waals surface area contributed by atoms with Crippen molar-refractivity contribution < 1.29 is 14.7 Å². The van der Waals surface area contributed by atoms with E-state index in [9.17, 15) is 9.59 Å². The van der Waals surface area contributed by atoms with Crippen molar-refractivity contribution in [1.82, 2.24) is 9.80 Å². The van der Waals surface area contributed by atoms with E-state index in [1.807, 2.05) is 13.8 Å². The fraction of sp³-hybridized carbons (Fsp3) is 0.833. The van der Waals surface area contributed by atoms with E-state index in [-0.39, 0.29) is 12.1 Å². The summed E-state index contributed by atoms with van der Waals surface area (Å²) in [7, 11) is 1.78. The van der Waals surface area contributed by atoms with Crippen LogP contribution >= 0.6 is 0 Å². The number of carbonyl (C=O) groups excluding carboxylic acids is 1. The van der Waals surface area contributed by atoms with Crippen molar-refractivity contribution in [2.45, 2.75) is 39.7 Å². The Kier molecular flexibility index (Phi) is 4.01. The first-order chi connectivity index (χ1) is 7.78. The van der Waals surface area contributed by atoms with Gasteiger partial charge in [0.05, 0.1) is 5.41 Å². The lowest BCUT2D eigenvalue weighted by atomic mass is 9.80. The quantitative estimate of drug-likeness (QED) is 0.800. The summed E-state index contributed by atoms with van der Waals surface area (Å²) in [5.74, 6) is -0.762. The Morgan fingerprint density at radius 2 is 1.76 bits per heavy atom. The largest absolute Gasteiger partial charge is 0.481 e. The van der Waals surface area contributed by atoms with Crippen molar-refractivity contribution in [1.29, 1.82) is 0 Å². The molecule has 1 heterocycles. The number of hydrogen-bond acceptors (Lipinski definition) is 2. The number of urea groups is 1. The summed E-state index contributed by atoms with van der Waals surface area (Å²) < 4.78 is 0. The van der Waals surface area contributed by atoms with Gasteiger partial charge in [-0.05, 0) is 33.6 Å². The van der Waals surface area contributed by atoms with Crippen LogP contribution in [0.3, 0.4) is 0 Å². The molecule has 0 bridgehead atoms. The summed E-state index contributed by atoms with van der Waals surface area (Å²) in [4.78, 5) is 26.5. The number of nitrogens with zero attached hydrogens (tertiary/aromatic N) is 2. The Morgan fingerprint density at radius 1 is 1.29 bits per heavy atom. The minimum atomic E-state index is -0.762. The van der Waals surface area contributed by atoms with Crippen molar-refractivity contribution in [3.05, 3.63) is 0 Å². The first kappa shape index (κ1) is 13.8. The molecule has 2 amide bonds. The molecule has 1 fully saturated rings. The van der Waals surface area contributed by atoms with E-state index in [0.717, 1.165) is 0 Å². The summed E-state index contributed by atoms with van der Waals surface area (Å²) in [6.45, 7) is 6.73. The zero-order valence-electron chi connectivity index (χ0n) is 11.1. The lowest BCUT2D eigenvalue weighted by Gasteiger charge is -2.38. The maximum Gasteiger partial charge on any atom is 0.319 e. The standard InChI is InChI=1S/C12H22N2O3/c1-9(2)13(4)11(17)14-7-5-12(3,6-8-14)10(15)16/h9H,5-8H2,1-4H3,(H,15,16). The number of likely N-dealkylation sites (tertiary alicyclic amines) is 1. The molecule has 5 heteroatoms. The van der Waals surface area contributed by atoms with Crippen LogP contribution in [0.2, 0.25) is 0 Å². The number of carboxylic acids is 1. The smallest absolute Gasteiger partial charge is 0.319 e. The van der Waals surface area contributed by atoms with Gasteiger partial charge >= 0.3 is 12.0 Å². The van der Waals surface area contributed by atoms with Gasteiger partial charge in [-0.1, -0.05) is 0 Å². The van der Waals surface area contributed by atoms with Gasteiger partial charge in [-0.3, -0.25) is 4.79 Å². The highest BCUT2D eigenvalue weighted by molar-refractivity contribution is 5.77. The molecule has 98 valence electrons. The minimum Gasteiger partial charge on any atom is -0.481 e. The van der Waals surface area contributed by atoms with Crippen molar-refractivity contribution in [3.8, 4) is 0 Å². The molecule has 1 rings (SSSR count). The van der Waals surface area contributed by atoms with Gasteiger partial charge in [0.1, 0.15) is 0 Å². The van der Waals surface area contributed by atoms with Crippen molar-refractivity contribution in [3.63, 3.8) is 0 Å². The molecule has 0 saturated carbocycles. The molecular formula is C12H22N2O3. The van der Waals surface area contributed by atoms with Crippen LogP contribution in [-0.4, -0.2) is 53.1 Å². The Labute approximate surface area is 102 Å². The Morgan fingerprint density at radius 3 is 2.12 bits per heavy atom. The maximum absolute atomic E-state index is 12.0. The van der Waals surface area contributed by atoms with Gasteiger partial charge in [0.2, 0.25) is 0 Å². The van der Waals surface area contributed by atoms with Gasteiger partial charge in [0.15, 0.2) is 0 Å². The average Bonchev–Trinajstić information content (AvgIpc) is 2.27. The predicted octanol–water partition coefficient (Wildman–Crippen LogP) is 1.63. The van der Waals surface area contributed by atoms with E-state index >= 15 is 0 Å². The number of amides is 2. The van der Waals surface area contributed by atoms with Crippen molar-refractivity contribution >= 4 is 12.0 Å². The molecule has 0 atom stereocenters. The predicted molar refractivity (Wildman–Crippen MR) is 64.8 cm³/mol. The van der Waals surface area contributed by atoms with Crippen LogP contribution in [0.1, 0.15) is 33.6 Å². The minimum absolute atomic E-state index is 0.00700. The van der Waals surface area contributed by atoms with E-state index in [2.05, 4.69) is 0 Å². The number of carbonyl (C=O) groups is 2. The third-order valence-electron chi connectivity index (χ3n) is 3.73. The van der Waals surface area contributed by atoms with Crippen LogP contribution in [0.5, 0.6) is 0 Å². The summed E-state index contributed by atoms with van der Waals surface area (Å²) in [5, 5.41) is 9.11. The fourth-order valence-corrected chi connectivity index (χ4v) is 1.85. The second kappa shape index (κ2) is 4.94. The highest BCUT2D eigenvalue weighted by Gasteiger charge is 2.38. The molecule has 1 N–H and O–H groups in total. The summed E-state index contributed by atoms with van der Waals surface area (Å²) in [6, 6.07) is 0.155.